The van der Waals surface area contributed by atoms with Crippen molar-refractivity contribution in [1.82, 2.24) is 5.32 Å². The maximum atomic E-state index is 13.2. The summed E-state index contributed by atoms with van der Waals surface area (Å²) in [6, 6.07) is -0.706. The van der Waals surface area contributed by atoms with Crippen molar-refractivity contribution in [3.8, 4) is 0 Å². The quantitative estimate of drug-likeness (QED) is 0.0323. The van der Waals surface area contributed by atoms with E-state index in [1.165, 1.54) is 161 Å². The molecule has 0 radical (unpaired) electrons. The minimum Gasteiger partial charge on any atom is -0.462 e. The third-order valence-corrected chi connectivity index (χ3v) is 11.8. The Balaban J connectivity index is 4.57. The number of hydrogen-bond acceptors (Lipinski definition) is 5. The van der Waals surface area contributed by atoms with Crippen LogP contribution in [-0.4, -0.2) is 46.9 Å². The van der Waals surface area contributed by atoms with Gasteiger partial charge in [0.2, 0.25) is 5.91 Å². The van der Waals surface area contributed by atoms with Gasteiger partial charge in [-0.25, -0.2) is 0 Å². The molecule has 0 bridgehead atoms. The van der Waals surface area contributed by atoms with Crippen LogP contribution in [0.5, 0.6) is 0 Å². The maximum Gasteiger partial charge on any atom is 0.306 e. The minimum atomic E-state index is -0.791. The van der Waals surface area contributed by atoms with Gasteiger partial charge in [-0.1, -0.05) is 212 Å². The summed E-state index contributed by atoms with van der Waals surface area (Å²) in [7, 11) is 0. The summed E-state index contributed by atoms with van der Waals surface area (Å²) in [5, 5.41) is 23.7. The zero-order valence-corrected chi connectivity index (χ0v) is 38.9. The molecule has 3 unspecified atom stereocenters. The SMILES string of the molecule is CCCCCCCCC/C=C\CCCC(CC(=O)NC(CO)C(O)CCCCCCCCCCCCC)OC(=O)CCCCCCC/C=C/CCCCCCCCC. The molecule has 0 aromatic carbocycles. The Morgan fingerprint density at radius 3 is 1.26 bits per heavy atom. The summed E-state index contributed by atoms with van der Waals surface area (Å²) in [4.78, 5) is 26.1. The van der Waals surface area contributed by atoms with E-state index in [-0.39, 0.29) is 24.9 Å². The second-order valence-electron chi connectivity index (χ2n) is 17.6. The lowest BCUT2D eigenvalue weighted by Gasteiger charge is -2.24. The first-order chi connectivity index (χ1) is 28.5. The van der Waals surface area contributed by atoms with Crippen LogP contribution in [0.1, 0.15) is 271 Å². The second-order valence-corrected chi connectivity index (χ2v) is 17.6. The number of aliphatic hydroxyl groups excluding tert-OH is 2. The van der Waals surface area contributed by atoms with E-state index in [1.807, 2.05) is 0 Å². The highest BCUT2D eigenvalue weighted by Gasteiger charge is 2.24. The zero-order chi connectivity index (χ0) is 42.4. The molecule has 0 fully saturated rings. The molecule has 3 N–H and O–H groups in total. The molecule has 0 saturated carbocycles. The number of amides is 1. The van der Waals surface area contributed by atoms with Gasteiger partial charge in [-0.05, 0) is 70.6 Å². The first-order valence-corrected chi connectivity index (χ1v) is 25.6. The molecule has 1 amide bonds. The fraction of sp³-hybridized carbons (Fsp3) is 0.885. The standard InChI is InChI=1S/C52H99NO5/c1-4-7-10-13-16-19-22-24-25-26-27-30-33-36-39-42-45-52(57)58-48(43-40-37-34-31-29-23-20-17-14-11-8-5-2)46-51(56)53-49(47-54)50(55)44-41-38-35-32-28-21-18-15-12-9-6-3/h25-26,31,34,48-50,54-55H,4-24,27-30,32-33,35-47H2,1-3H3,(H,53,56)/b26-25+,34-31-. The molecule has 6 heteroatoms. The van der Waals surface area contributed by atoms with Crippen molar-refractivity contribution in [2.75, 3.05) is 6.61 Å². The summed E-state index contributed by atoms with van der Waals surface area (Å²) >= 11 is 0. The van der Waals surface area contributed by atoms with Crippen molar-refractivity contribution in [1.29, 1.82) is 0 Å². The molecule has 0 rings (SSSR count). The smallest absolute Gasteiger partial charge is 0.306 e. The van der Waals surface area contributed by atoms with Gasteiger partial charge in [-0.2, -0.15) is 0 Å². The van der Waals surface area contributed by atoms with Crippen LogP contribution >= 0.6 is 0 Å². The fourth-order valence-electron chi connectivity index (χ4n) is 7.84. The molecule has 0 spiro atoms. The van der Waals surface area contributed by atoms with Gasteiger partial charge in [0.25, 0.3) is 0 Å². The second kappa shape index (κ2) is 46.4. The molecule has 0 aliphatic heterocycles. The van der Waals surface area contributed by atoms with Crippen molar-refractivity contribution in [3.05, 3.63) is 24.3 Å². The van der Waals surface area contributed by atoms with Crippen molar-refractivity contribution >= 4 is 11.9 Å². The number of aliphatic hydroxyl groups is 2. The molecular weight excluding hydrogens is 719 g/mol. The molecule has 58 heavy (non-hydrogen) atoms. The number of carbonyl (C=O) groups is 2. The number of allylic oxidation sites excluding steroid dienone is 4. The molecule has 0 aromatic heterocycles. The third kappa shape index (κ3) is 41.1. The average molecular weight is 818 g/mol. The van der Waals surface area contributed by atoms with E-state index in [1.54, 1.807) is 0 Å². The third-order valence-electron chi connectivity index (χ3n) is 11.8. The van der Waals surface area contributed by atoms with Gasteiger partial charge in [-0.15, -0.1) is 0 Å². The van der Waals surface area contributed by atoms with Crippen LogP contribution in [0.25, 0.3) is 0 Å². The van der Waals surface area contributed by atoms with E-state index in [0.29, 0.717) is 19.3 Å². The summed E-state index contributed by atoms with van der Waals surface area (Å²) in [6.45, 7) is 6.47. The van der Waals surface area contributed by atoms with Crippen molar-refractivity contribution in [2.45, 2.75) is 289 Å². The Hall–Kier alpha value is -1.66. The summed E-state index contributed by atoms with van der Waals surface area (Å²) < 4.78 is 5.91. The monoisotopic (exact) mass is 818 g/mol. The molecular formula is C52H99NO5. The first-order valence-electron chi connectivity index (χ1n) is 25.6. The van der Waals surface area contributed by atoms with E-state index in [9.17, 15) is 19.8 Å². The lowest BCUT2D eigenvalue weighted by Crippen LogP contribution is -2.46. The van der Waals surface area contributed by atoms with Crippen LogP contribution in [0.2, 0.25) is 0 Å². The van der Waals surface area contributed by atoms with Crippen LogP contribution in [0, 0.1) is 0 Å². The van der Waals surface area contributed by atoms with E-state index >= 15 is 0 Å². The average Bonchev–Trinajstić information content (AvgIpc) is 3.22. The van der Waals surface area contributed by atoms with E-state index in [4.69, 9.17) is 4.74 Å². The predicted octanol–water partition coefficient (Wildman–Crippen LogP) is 15.1. The molecule has 342 valence electrons. The maximum absolute atomic E-state index is 13.2. The van der Waals surface area contributed by atoms with Crippen LogP contribution in [0.3, 0.4) is 0 Å². The van der Waals surface area contributed by atoms with Crippen molar-refractivity contribution in [3.63, 3.8) is 0 Å². The molecule has 0 saturated heterocycles. The molecule has 3 atom stereocenters. The molecule has 0 heterocycles. The molecule has 0 aromatic rings. The van der Waals surface area contributed by atoms with Gasteiger partial charge >= 0.3 is 5.97 Å². The largest absolute Gasteiger partial charge is 0.462 e. The number of carbonyl (C=O) groups excluding carboxylic acids is 2. The van der Waals surface area contributed by atoms with Gasteiger partial charge in [0.05, 0.1) is 25.2 Å². The van der Waals surface area contributed by atoms with Gasteiger partial charge in [-0.3, -0.25) is 9.59 Å². The minimum absolute atomic E-state index is 0.0572. The Morgan fingerprint density at radius 2 is 0.845 bits per heavy atom. The Morgan fingerprint density at radius 1 is 0.483 bits per heavy atom. The number of ether oxygens (including phenoxy) is 1. The first kappa shape index (κ1) is 56.3. The number of esters is 1. The predicted molar refractivity (Wildman–Crippen MR) is 250 cm³/mol. The van der Waals surface area contributed by atoms with Crippen LogP contribution in [0.15, 0.2) is 24.3 Å². The number of rotatable bonds is 46. The highest BCUT2D eigenvalue weighted by molar-refractivity contribution is 5.77. The number of unbranched alkanes of at least 4 members (excludes halogenated alkanes) is 30. The van der Waals surface area contributed by atoms with Gasteiger partial charge in [0.15, 0.2) is 0 Å². The molecule has 0 aliphatic carbocycles. The topological polar surface area (TPSA) is 95.9 Å². The normalized spacial score (nSPS) is 13.4. The summed E-state index contributed by atoms with van der Waals surface area (Å²) in [5.74, 6) is -0.503. The molecule has 6 nitrogen and oxygen atoms in total. The van der Waals surface area contributed by atoms with Crippen LogP contribution in [-0.2, 0) is 14.3 Å². The lowest BCUT2D eigenvalue weighted by molar-refractivity contribution is -0.151. The lowest BCUT2D eigenvalue weighted by atomic mass is 10.0. The Labute approximate surface area is 361 Å². The highest BCUT2D eigenvalue weighted by Crippen LogP contribution is 2.17. The Bertz CT molecular complexity index is 919. The van der Waals surface area contributed by atoms with Crippen molar-refractivity contribution < 1.29 is 24.5 Å². The Kier molecular flexibility index (Phi) is 45.1. The van der Waals surface area contributed by atoms with Crippen LogP contribution in [0.4, 0.5) is 0 Å². The van der Waals surface area contributed by atoms with E-state index in [2.05, 4.69) is 50.4 Å². The summed E-state index contributed by atoms with van der Waals surface area (Å²) in [6.07, 6.45) is 52.4. The van der Waals surface area contributed by atoms with E-state index < -0.39 is 18.2 Å². The summed E-state index contributed by atoms with van der Waals surface area (Å²) in [5.41, 5.74) is 0. The van der Waals surface area contributed by atoms with Crippen LogP contribution < -0.4 is 5.32 Å². The highest BCUT2D eigenvalue weighted by atomic mass is 16.5. The molecule has 0 aliphatic rings. The number of nitrogens with one attached hydrogen (secondary N) is 1. The fourth-order valence-corrected chi connectivity index (χ4v) is 7.84. The van der Waals surface area contributed by atoms with Gasteiger partial charge in [0, 0.05) is 6.42 Å². The zero-order valence-electron chi connectivity index (χ0n) is 38.9. The van der Waals surface area contributed by atoms with Crippen molar-refractivity contribution in [2.24, 2.45) is 0 Å². The van der Waals surface area contributed by atoms with Gasteiger partial charge < -0.3 is 20.3 Å². The number of hydrogen-bond donors (Lipinski definition) is 3. The van der Waals surface area contributed by atoms with E-state index in [0.717, 1.165) is 64.2 Å². The van der Waals surface area contributed by atoms with Gasteiger partial charge in [0.1, 0.15) is 6.10 Å².